The third-order valence-electron chi connectivity index (χ3n) is 3.63. The summed E-state index contributed by atoms with van der Waals surface area (Å²) in [6, 6.07) is 0. The highest BCUT2D eigenvalue weighted by atomic mass is 16.7. The maximum Gasteiger partial charge on any atom is 0.335 e. The van der Waals surface area contributed by atoms with E-state index < -0.39 is 30.2 Å². The zero-order valence-corrected chi connectivity index (χ0v) is 13.5. The SMILES string of the molecule is Cc1nc(N)c2ncn([C@H]3CC(OC(C)(C)O)C(C(=O)O)O3)c2n1. The largest absolute Gasteiger partial charge is 0.479 e. The van der Waals surface area contributed by atoms with Gasteiger partial charge in [-0.1, -0.05) is 0 Å². The van der Waals surface area contributed by atoms with Gasteiger partial charge in [0.2, 0.25) is 0 Å². The van der Waals surface area contributed by atoms with Crippen LogP contribution in [0, 0.1) is 6.92 Å². The van der Waals surface area contributed by atoms with Gasteiger partial charge in [0.15, 0.2) is 23.4 Å². The van der Waals surface area contributed by atoms with Crippen LogP contribution in [0.4, 0.5) is 5.82 Å². The number of carbonyl (C=O) groups is 1. The van der Waals surface area contributed by atoms with Crippen LogP contribution >= 0.6 is 0 Å². The summed E-state index contributed by atoms with van der Waals surface area (Å²) in [7, 11) is 0. The van der Waals surface area contributed by atoms with Gasteiger partial charge in [-0.2, -0.15) is 0 Å². The Labute approximate surface area is 137 Å². The van der Waals surface area contributed by atoms with Crippen LogP contribution in [0.15, 0.2) is 6.33 Å². The molecule has 0 saturated carbocycles. The molecule has 10 heteroatoms. The Balaban J connectivity index is 1.95. The van der Waals surface area contributed by atoms with Crippen LogP contribution in [-0.4, -0.2) is 53.7 Å². The second-order valence-electron chi connectivity index (χ2n) is 6.17. The summed E-state index contributed by atoms with van der Waals surface area (Å²) in [5.74, 6) is -1.93. The molecule has 1 aliphatic heterocycles. The molecular formula is C14H19N5O5. The average molecular weight is 337 g/mol. The minimum absolute atomic E-state index is 0.218. The lowest BCUT2D eigenvalue weighted by Gasteiger charge is -2.24. The minimum Gasteiger partial charge on any atom is -0.479 e. The number of carboxylic acids is 1. The zero-order chi connectivity index (χ0) is 17.6. The summed E-state index contributed by atoms with van der Waals surface area (Å²) in [5.41, 5.74) is 6.71. The number of nitrogens with zero attached hydrogens (tertiary/aromatic N) is 4. The number of aliphatic carboxylic acids is 1. The lowest BCUT2D eigenvalue weighted by Crippen LogP contribution is -2.38. The Morgan fingerprint density at radius 3 is 2.83 bits per heavy atom. The highest BCUT2D eigenvalue weighted by Gasteiger charge is 2.44. The van der Waals surface area contributed by atoms with E-state index in [0.717, 1.165) is 0 Å². The van der Waals surface area contributed by atoms with Gasteiger partial charge in [0.05, 0.1) is 6.33 Å². The molecule has 0 radical (unpaired) electrons. The molecule has 24 heavy (non-hydrogen) atoms. The third-order valence-corrected chi connectivity index (χ3v) is 3.63. The molecular weight excluding hydrogens is 318 g/mol. The molecule has 0 bridgehead atoms. The summed E-state index contributed by atoms with van der Waals surface area (Å²) in [5, 5.41) is 19.2. The van der Waals surface area contributed by atoms with E-state index >= 15 is 0 Å². The maximum absolute atomic E-state index is 11.4. The molecule has 0 aliphatic carbocycles. The van der Waals surface area contributed by atoms with Crippen molar-refractivity contribution >= 4 is 23.0 Å². The van der Waals surface area contributed by atoms with Crippen molar-refractivity contribution < 1.29 is 24.5 Å². The molecule has 2 aromatic heterocycles. The van der Waals surface area contributed by atoms with Gasteiger partial charge in [0.1, 0.15) is 23.7 Å². The van der Waals surface area contributed by atoms with Crippen molar-refractivity contribution in [2.45, 2.75) is 51.4 Å². The Hall–Kier alpha value is -2.30. The number of anilines is 1. The number of hydrogen-bond donors (Lipinski definition) is 3. The Bertz CT molecular complexity index is 784. The molecule has 2 aromatic rings. The normalized spacial score (nSPS) is 24.6. The van der Waals surface area contributed by atoms with Crippen LogP contribution < -0.4 is 5.73 Å². The molecule has 0 aromatic carbocycles. The number of carboxylic acid groups (broad SMARTS) is 1. The van der Waals surface area contributed by atoms with Gasteiger partial charge in [0, 0.05) is 6.42 Å². The van der Waals surface area contributed by atoms with Crippen molar-refractivity contribution in [3.63, 3.8) is 0 Å². The van der Waals surface area contributed by atoms with Gasteiger partial charge in [-0.05, 0) is 20.8 Å². The predicted octanol–water partition coefficient (Wildman–Crippen LogP) is 0.203. The van der Waals surface area contributed by atoms with Crippen molar-refractivity contribution in [1.82, 2.24) is 19.5 Å². The van der Waals surface area contributed by atoms with E-state index in [-0.39, 0.29) is 12.2 Å². The van der Waals surface area contributed by atoms with E-state index in [4.69, 9.17) is 15.2 Å². The molecule has 1 aliphatic rings. The summed E-state index contributed by atoms with van der Waals surface area (Å²) in [6.07, 6.45) is -0.984. The van der Waals surface area contributed by atoms with E-state index in [0.29, 0.717) is 17.0 Å². The van der Waals surface area contributed by atoms with Crippen LogP contribution in [-0.2, 0) is 14.3 Å². The first-order valence-electron chi connectivity index (χ1n) is 7.41. The number of hydrogen-bond acceptors (Lipinski definition) is 8. The first-order chi connectivity index (χ1) is 11.2. The Kier molecular flexibility index (Phi) is 3.90. The zero-order valence-electron chi connectivity index (χ0n) is 13.5. The van der Waals surface area contributed by atoms with E-state index in [1.807, 2.05) is 0 Å². The van der Waals surface area contributed by atoms with Crippen LogP contribution in [0.25, 0.3) is 11.2 Å². The molecule has 0 spiro atoms. The molecule has 1 saturated heterocycles. The first-order valence-corrected chi connectivity index (χ1v) is 7.41. The fourth-order valence-corrected chi connectivity index (χ4v) is 2.77. The number of aryl methyl sites for hydroxylation is 1. The smallest absolute Gasteiger partial charge is 0.335 e. The fraction of sp³-hybridized carbons (Fsp3) is 0.571. The molecule has 130 valence electrons. The standard InChI is InChI=1S/C14H19N5O5/c1-6-17-11(15)9-12(18-6)19(5-16-9)8-4-7(24-14(2,3)22)10(23-8)13(20)21/h5,7-8,10,22H,4H2,1-3H3,(H,20,21)(H2,15,17,18)/t7?,8-,10?/m1/s1. The molecule has 10 nitrogen and oxygen atoms in total. The van der Waals surface area contributed by atoms with Crippen LogP contribution in [0.1, 0.15) is 32.3 Å². The number of rotatable bonds is 4. The fourth-order valence-electron chi connectivity index (χ4n) is 2.77. The summed E-state index contributed by atoms with van der Waals surface area (Å²) >= 11 is 0. The van der Waals surface area contributed by atoms with Gasteiger partial charge >= 0.3 is 5.97 Å². The second-order valence-corrected chi connectivity index (χ2v) is 6.17. The minimum atomic E-state index is -1.48. The number of fused-ring (bicyclic) bond motifs is 1. The monoisotopic (exact) mass is 337 g/mol. The number of aliphatic hydroxyl groups is 1. The summed E-state index contributed by atoms with van der Waals surface area (Å²) < 4.78 is 12.6. The van der Waals surface area contributed by atoms with Gasteiger partial charge in [-0.3, -0.25) is 4.57 Å². The van der Waals surface area contributed by atoms with E-state index in [1.165, 1.54) is 20.2 Å². The van der Waals surface area contributed by atoms with Crippen molar-refractivity contribution in [3.05, 3.63) is 12.2 Å². The molecule has 3 rings (SSSR count). The molecule has 3 atom stereocenters. The molecule has 4 N–H and O–H groups in total. The topological polar surface area (TPSA) is 146 Å². The number of nitrogen functional groups attached to an aromatic ring is 1. The van der Waals surface area contributed by atoms with Crippen molar-refractivity contribution in [1.29, 1.82) is 0 Å². The summed E-state index contributed by atoms with van der Waals surface area (Å²) in [6.45, 7) is 4.56. The molecule has 0 amide bonds. The predicted molar refractivity (Wildman–Crippen MR) is 81.8 cm³/mol. The van der Waals surface area contributed by atoms with Crippen molar-refractivity contribution in [2.24, 2.45) is 0 Å². The molecule has 2 unspecified atom stereocenters. The maximum atomic E-state index is 11.4. The van der Waals surface area contributed by atoms with E-state index in [2.05, 4.69) is 15.0 Å². The quantitative estimate of drug-likeness (QED) is 0.666. The highest BCUT2D eigenvalue weighted by Crippen LogP contribution is 2.34. The average Bonchev–Trinajstić information content (AvgIpc) is 3.00. The van der Waals surface area contributed by atoms with E-state index in [1.54, 1.807) is 11.5 Å². The van der Waals surface area contributed by atoms with Crippen molar-refractivity contribution in [2.75, 3.05) is 5.73 Å². The Morgan fingerprint density at radius 1 is 1.50 bits per heavy atom. The van der Waals surface area contributed by atoms with Crippen LogP contribution in [0.5, 0.6) is 0 Å². The van der Waals surface area contributed by atoms with Gasteiger partial charge in [-0.25, -0.2) is 19.7 Å². The first kappa shape index (κ1) is 16.6. The number of imidazole rings is 1. The number of aromatic nitrogens is 4. The van der Waals surface area contributed by atoms with Gasteiger partial charge < -0.3 is 25.4 Å². The number of ether oxygens (including phenoxy) is 2. The number of nitrogens with two attached hydrogens (primary N) is 1. The second kappa shape index (κ2) is 5.65. The van der Waals surface area contributed by atoms with Gasteiger partial charge in [-0.15, -0.1) is 0 Å². The lowest BCUT2D eigenvalue weighted by atomic mass is 10.1. The summed E-state index contributed by atoms with van der Waals surface area (Å²) in [4.78, 5) is 23.9. The van der Waals surface area contributed by atoms with Crippen LogP contribution in [0.3, 0.4) is 0 Å². The van der Waals surface area contributed by atoms with Gasteiger partial charge in [0.25, 0.3) is 0 Å². The Morgan fingerprint density at radius 2 is 2.21 bits per heavy atom. The molecule has 3 heterocycles. The van der Waals surface area contributed by atoms with E-state index in [9.17, 15) is 15.0 Å². The highest BCUT2D eigenvalue weighted by molar-refractivity contribution is 5.81. The third kappa shape index (κ3) is 3.03. The van der Waals surface area contributed by atoms with Crippen LogP contribution in [0.2, 0.25) is 0 Å². The molecule has 1 fully saturated rings. The lowest BCUT2D eigenvalue weighted by molar-refractivity contribution is -0.216. The van der Waals surface area contributed by atoms with Crippen molar-refractivity contribution in [3.8, 4) is 0 Å².